The third kappa shape index (κ3) is 4.89. The Balaban J connectivity index is 1.52. The van der Waals surface area contributed by atoms with Crippen LogP contribution in [0.4, 0.5) is 10.1 Å². The Morgan fingerprint density at radius 3 is 2.74 bits per heavy atom. The van der Waals surface area contributed by atoms with E-state index in [9.17, 15) is 21.6 Å². The van der Waals surface area contributed by atoms with Gasteiger partial charge in [-0.05, 0) is 56.5 Å². The molecular formula is C26H33FN6O7S2. The molecule has 3 aliphatic rings. The molecule has 2 aromatic rings. The number of sulfonamides is 2. The summed E-state index contributed by atoms with van der Waals surface area (Å²) >= 11 is 0. The molecular weight excluding hydrogens is 591 g/mol. The maximum absolute atomic E-state index is 15.7. The van der Waals surface area contributed by atoms with E-state index in [2.05, 4.69) is 15.6 Å². The molecule has 1 aromatic heterocycles. The van der Waals surface area contributed by atoms with Gasteiger partial charge in [0, 0.05) is 38.0 Å². The molecule has 0 saturated carbocycles. The number of hydrogen-bond acceptors (Lipinski definition) is 9. The molecule has 1 aromatic carbocycles. The predicted octanol–water partition coefficient (Wildman–Crippen LogP) is 1.45. The van der Waals surface area contributed by atoms with Crippen LogP contribution in [0.3, 0.4) is 0 Å². The molecule has 1 amide bonds. The van der Waals surface area contributed by atoms with Crippen molar-refractivity contribution < 1.29 is 35.5 Å². The van der Waals surface area contributed by atoms with Gasteiger partial charge < -0.3 is 20.1 Å². The van der Waals surface area contributed by atoms with Crippen LogP contribution in [-0.2, 0) is 30.3 Å². The summed E-state index contributed by atoms with van der Waals surface area (Å²) in [5, 5.41) is 13.9. The summed E-state index contributed by atoms with van der Waals surface area (Å²) < 4.78 is 81.1. The Bertz CT molecular complexity index is 1620. The number of rotatable bonds is 7. The lowest BCUT2D eigenvalue weighted by Gasteiger charge is -2.52. The van der Waals surface area contributed by atoms with E-state index in [0.717, 1.165) is 21.1 Å². The van der Waals surface area contributed by atoms with E-state index in [1.54, 1.807) is 6.07 Å². The Labute approximate surface area is 244 Å². The van der Waals surface area contributed by atoms with Gasteiger partial charge >= 0.3 is 0 Å². The van der Waals surface area contributed by atoms with Gasteiger partial charge in [0.15, 0.2) is 0 Å². The number of nitrogens with one attached hydrogen (secondary N) is 3. The molecule has 228 valence electrons. The normalized spacial score (nSPS) is 27.7. The summed E-state index contributed by atoms with van der Waals surface area (Å²) in [7, 11) is -5.66. The first-order valence-corrected chi connectivity index (χ1v) is 16.3. The van der Waals surface area contributed by atoms with Crippen molar-refractivity contribution in [3.63, 3.8) is 0 Å². The lowest BCUT2D eigenvalue weighted by atomic mass is 9.77. The summed E-state index contributed by atoms with van der Waals surface area (Å²) in [4.78, 5) is 16.9. The predicted molar refractivity (Wildman–Crippen MR) is 152 cm³/mol. The van der Waals surface area contributed by atoms with Crippen molar-refractivity contribution >= 4 is 37.6 Å². The fourth-order valence-corrected chi connectivity index (χ4v) is 9.89. The van der Waals surface area contributed by atoms with E-state index >= 15 is 4.39 Å². The molecule has 0 radical (unpaired) electrons. The molecule has 16 heteroatoms. The number of aromatic nitrogens is 1. The lowest BCUT2D eigenvalue weighted by molar-refractivity contribution is 0.102. The van der Waals surface area contributed by atoms with E-state index in [1.165, 1.54) is 45.5 Å². The first-order valence-electron chi connectivity index (χ1n) is 13.3. The smallest absolute Gasteiger partial charge is 0.274 e. The van der Waals surface area contributed by atoms with Crippen LogP contribution < -0.4 is 15.4 Å². The minimum absolute atomic E-state index is 0.0639. The maximum atomic E-state index is 15.7. The Morgan fingerprint density at radius 1 is 1.33 bits per heavy atom. The van der Waals surface area contributed by atoms with Crippen LogP contribution in [0.1, 0.15) is 42.2 Å². The molecule has 3 fully saturated rings. The fourth-order valence-electron chi connectivity index (χ4n) is 5.92. The monoisotopic (exact) mass is 624 g/mol. The minimum Gasteiger partial charge on any atom is -0.495 e. The highest BCUT2D eigenvalue weighted by atomic mass is 32.2. The number of anilines is 1. The van der Waals surface area contributed by atoms with Gasteiger partial charge in [-0.1, -0.05) is 0 Å². The van der Waals surface area contributed by atoms with Crippen molar-refractivity contribution in [1.29, 1.82) is 5.41 Å². The first kappa shape index (κ1) is 30.1. The van der Waals surface area contributed by atoms with Crippen molar-refractivity contribution in [1.82, 2.24) is 18.9 Å². The number of guanidine groups is 1. The topological polar surface area (TPSA) is 171 Å². The van der Waals surface area contributed by atoms with Crippen LogP contribution in [0.25, 0.3) is 0 Å². The standard InChI is InChI=1S/C26H33FN6O7S2/c1-25(20-13-17(6-8-21(20)27)30-23(34)22-9-7-18(39-3)14-29-22)26(42(37,38)32(2)24(28)31-25)10-11-33(16-26)41(35,36)15-19-5-4-12-40-19/h6-9,13-14,19H,4-5,10-12,15-16H2,1-3H3,(H2,28,31)(H,30,34)/t19?,25-,26+/m1/s1. The van der Waals surface area contributed by atoms with Gasteiger partial charge in [0.05, 0.1) is 30.7 Å². The molecule has 1 spiro atoms. The average Bonchev–Trinajstić information content (AvgIpc) is 3.64. The van der Waals surface area contributed by atoms with Gasteiger partial charge in [0.25, 0.3) is 5.91 Å². The van der Waals surface area contributed by atoms with E-state index in [-0.39, 0.29) is 35.7 Å². The van der Waals surface area contributed by atoms with Crippen LogP contribution in [0, 0.1) is 11.2 Å². The molecule has 42 heavy (non-hydrogen) atoms. The van der Waals surface area contributed by atoms with Crippen molar-refractivity contribution in [2.75, 3.05) is 44.9 Å². The SMILES string of the molecule is COc1ccc(C(=O)Nc2ccc(F)c([C@@]3(C)NC(=N)N(C)S(=O)(=O)[C@]34CCN(S(=O)(=O)CC3CCCO3)C4)c2)nc1. The maximum Gasteiger partial charge on any atom is 0.274 e. The van der Waals surface area contributed by atoms with Crippen LogP contribution >= 0.6 is 0 Å². The number of pyridine rings is 1. The Kier molecular flexibility index (Phi) is 7.70. The number of nitrogens with zero attached hydrogens (tertiary/aromatic N) is 3. The lowest BCUT2D eigenvalue weighted by Crippen LogP contribution is -2.74. The van der Waals surface area contributed by atoms with E-state index < -0.39 is 60.7 Å². The summed E-state index contributed by atoms with van der Waals surface area (Å²) in [6.45, 7) is 1.33. The summed E-state index contributed by atoms with van der Waals surface area (Å²) in [5.41, 5.74) is -1.74. The van der Waals surface area contributed by atoms with Crippen molar-refractivity contribution in [2.24, 2.45) is 0 Å². The molecule has 4 heterocycles. The van der Waals surface area contributed by atoms with E-state index in [1.807, 2.05) is 0 Å². The van der Waals surface area contributed by atoms with Crippen LogP contribution in [0.2, 0.25) is 0 Å². The second-order valence-corrected chi connectivity index (χ2v) is 15.1. The van der Waals surface area contributed by atoms with Crippen molar-refractivity contribution in [3.05, 3.63) is 53.6 Å². The molecule has 0 aliphatic carbocycles. The zero-order chi connectivity index (χ0) is 30.5. The molecule has 3 aliphatic heterocycles. The van der Waals surface area contributed by atoms with E-state index in [0.29, 0.717) is 18.8 Å². The van der Waals surface area contributed by atoms with Crippen molar-refractivity contribution in [2.45, 2.75) is 42.6 Å². The summed E-state index contributed by atoms with van der Waals surface area (Å²) in [5.74, 6) is -1.72. The number of methoxy groups -OCH3 is 1. The molecule has 5 rings (SSSR count). The number of carbonyl (C=O) groups excluding carboxylic acids is 1. The third-order valence-corrected chi connectivity index (χ3v) is 13.0. The number of benzene rings is 1. The highest BCUT2D eigenvalue weighted by Crippen LogP contribution is 2.50. The van der Waals surface area contributed by atoms with Crippen LogP contribution in [0.5, 0.6) is 5.75 Å². The molecule has 1 unspecified atom stereocenters. The number of hydrogen-bond donors (Lipinski definition) is 3. The van der Waals surface area contributed by atoms with Crippen LogP contribution in [0.15, 0.2) is 36.5 Å². The van der Waals surface area contributed by atoms with Gasteiger partial charge in [-0.3, -0.25) is 10.2 Å². The van der Waals surface area contributed by atoms with E-state index in [4.69, 9.17) is 14.9 Å². The van der Waals surface area contributed by atoms with Gasteiger partial charge in [-0.15, -0.1) is 0 Å². The highest BCUT2D eigenvalue weighted by Gasteiger charge is 2.67. The van der Waals surface area contributed by atoms with Crippen molar-refractivity contribution in [3.8, 4) is 5.75 Å². The number of ether oxygens (including phenoxy) is 2. The summed E-state index contributed by atoms with van der Waals surface area (Å²) in [6, 6.07) is 6.70. The average molecular weight is 625 g/mol. The zero-order valence-corrected chi connectivity index (χ0v) is 25.0. The Hall–Kier alpha value is -3.34. The second-order valence-electron chi connectivity index (χ2n) is 10.8. The molecule has 3 atom stereocenters. The summed E-state index contributed by atoms with van der Waals surface area (Å²) in [6.07, 6.45) is 2.06. The third-order valence-electron chi connectivity index (χ3n) is 8.43. The molecule has 13 nitrogen and oxygen atoms in total. The van der Waals surface area contributed by atoms with Crippen LogP contribution in [-0.4, -0.2) is 92.8 Å². The van der Waals surface area contributed by atoms with Gasteiger partial charge in [0.2, 0.25) is 26.0 Å². The molecule has 3 saturated heterocycles. The molecule has 3 N–H and O–H groups in total. The number of halogens is 1. The number of amides is 1. The number of carbonyl (C=O) groups is 1. The van der Waals surface area contributed by atoms with Gasteiger partial charge in [-0.2, -0.15) is 0 Å². The van der Waals surface area contributed by atoms with Gasteiger partial charge in [0.1, 0.15) is 22.0 Å². The van der Waals surface area contributed by atoms with Gasteiger partial charge in [-0.25, -0.2) is 34.8 Å². The largest absolute Gasteiger partial charge is 0.495 e. The Morgan fingerprint density at radius 2 is 2.10 bits per heavy atom. The zero-order valence-electron chi connectivity index (χ0n) is 23.4. The minimum atomic E-state index is -4.40. The second kappa shape index (κ2) is 10.7. The highest BCUT2D eigenvalue weighted by molar-refractivity contribution is 7.91. The molecule has 0 bridgehead atoms. The quantitative estimate of drug-likeness (QED) is 0.412. The fraction of sp³-hybridized carbons (Fsp3) is 0.500. The first-order chi connectivity index (χ1) is 19.7.